The summed E-state index contributed by atoms with van der Waals surface area (Å²) in [7, 11) is 0. The molecule has 1 saturated heterocycles. The summed E-state index contributed by atoms with van der Waals surface area (Å²) in [6.45, 7) is 4.13. The van der Waals surface area contributed by atoms with Crippen molar-refractivity contribution in [1.82, 2.24) is 4.90 Å². The third-order valence-electron chi connectivity index (χ3n) is 3.22. The molecule has 0 aliphatic carbocycles. The first-order valence-electron chi connectivity index (χ1n) is 6.71. The van der Waals surface area contributed by atoms with Gasteiger partial charge in [-0.15, -0.1) is 0 Å². The lowest BCUT2D eigenvalue weighted by Gasteiger charge is -2.27. The number of aryl methyl sites for hydroxylation is 1. The summed E-state index contributed by atoms with van der Waals surface area (Å²) >= 11 is 0. The highest BCUT2D eigenvalue weighted by Gasteiger charge is 2.17. The van der Waals surface area contributed by atoms with Gasteiger partial charge in [0.2, 0.25) is 0 Å². The summed E-state index contributed by atoms with van der Waals surface area (Å²) in [6.07, 6.45) is 2.56. The zero-order valence-corrected chi connectivity index (χ0v) is 11.8. The zero-order chi connectivity index (χ0) is 15.2. The number of carboxylic acids is 1. The summed E-state index contributed by atoms with van der Waals surface area (Å²) in [5, 5.41) is 11.5. The minimum Gasteiger partial charge on any atom is -0.478 e. The Labute approximate surface area is 123 Å². The molecule has 6 nitrogen and oxygen atoms in total. The third-order valence-corrected chi connectivity index (χ3v) is 3.22. The number of benzene rings is 1. The Balaban J connectivity index is 2.09. The number of carbonyl (C=O) groups is 2. The molecule has 0 radical (unpaired) electrons. The lowest BCUT2D eigenvalue weighted by molar-refractivity contribution is -0.131. The maximum Gasteiger partial charge on any atom is 0.328 e. The van der Waals surface area contributed by atoms with E-state index >= 15 is 0 Å². The molecule has 0 bridgehead atoms. The van der Waals surface area contributed by atoms with Gasteiger partial charge < -0.3 is 20.1 Å². The van der Waals surface area contributed by atoms with E-state index in [0.29, 0.717) is 32.0 Å². The lowest BCUT2D eigenvalue weighted by atomic mass is 10.1. The Bertz CT molecular complexity index is 563. The Kier molecular flexibility index (Phi) is 4.94. The number of urea groups is 1. The van der Waals surface area contributed by atoms with E-state index in [1.54, 1.807) is 17.0 Å². The van der Waals surface area contributed by atoms with Crippen molar-refractivity contribution in [3.8, 4) is 0 Å². The van der Waals surface area contributed by atoms with Crippen LogP contribution in [0.5, 0.6) is 0 Å². The number of hydrogen-bond acceptors (Lipinski definition) is 3. The zero-order valence-electron chi connectivity index (χ0n) is 11.8. The number of nitrogens with one attached hydrogen (secondary N) is 1. The predicted molar refractivity (Wildman–Crippen MR) is 79.3 cm³/mol. The number of ether oxygens (including phenoxy) is 1. The number of hydrogen-bond donors (Lipinski definition) is 2. The lowest BCUT2D eigenvalue weighted by Crippen LogP contribution is -2.43. The number of nitrogens with zero attached hydrogens (tertiary/aromatic N) is 1. The summed E-state index contributed by atoms with van der Waals surface area (Å²) in [6, 6.07) is 5.24. The molecule has 0 aromatic heterocycles. The van der Waals surface area contributed by atoms with Gasteiger partial charge in [-0.25, -0.2) is 9.59 Å². The summed E-state index contributed by atoms with van der Waals surface area (Å²) in [4.78, 5) is 24.4. The number of anilines is 1. The molecule has 2 amide bonds. The van der Waals surface area contributed by atoms with Crippen LogP contribution in [0.2, 0.25) is 0 Å². The largest absolute Gasteiger partial charge is 0.478 e. The van der Waals surface area contributed by atoms with Crippen molar-refractivity contribution in [3.05, 3.63) is 35.4 Å². The molecule has 1 aromatic rings. The quantitative estimate of drug-likeness (QED) is 0.834. The molecular weight excluding hydrogens is 272 g/mol. The number of carboxylic acid groups (broad SMARTS) is 1. The van der Waals surface area contributed by atoms with E-state index in [9.17, 15) is 9.59 Å². The van der Waals surface area contributed by atoms with Crippen molar-refractivity contribution >= 4 is 23.8 Å². The fourth-order valence-corrected chi connectivity index (χ4v) is 2.01. The Morgan fingerprint density at radius 2 is 2.05 bits per heavy atom. The van der Waals surface area contributed by atoms with Crippen LogP contribution in [0, 0.1) is 6.92 Å². The smallest absolute Gasteiger partial charge is 0.328 e. The average Bonchev–Trinajstić information content (AvgIpc) is 2.48. The van der Waals surface area contributed by atoms with Crippen molar-refractivity contribution in [2.75, 3.05) is 31.6 Å². The van der Waals surface area contributed by atoms with Gasteiger partial charge in [0.15, 0.2) is 0 Å². The van der Waals surface area contributed by atoms with Crippen LogP contribution in [0.25, 0.3) is 6.08 Å². The summed E-state index contributed by atoms with van der Waals surface area (Å²) in [5.41, 5.74) is 2.32. The van der Waals surface area contributed by atoms with E-state index < -0.39 is 5.97 Å². The predicted octanol–water partition coefficient (Wildman–Crippen LogP) is 1.96. The van der Waals surface area contributed by atoms with Crippen LogP contribution in [0.4, 0.5) is 10.5 Å². The number of carbonyl (C=O) groups excluding carboxylic acids is 1. The van der Waals surface area contributed by atoms with Gasteiger partial charge in [-0.05, 0) is 30.2 Å². The summed E-state index contributed by atoms with van der Waals surface area (Å²) in [5.74, 6) is -1.01. The molecule has 1 fully saturated rings. The molecule has 1 aliphatic heterocycles. The van der Waals surface area contributed by atoms with Gasteiger partial charge in [-0.3, -0.25) is 0 Å². The fourth-order valence-electron chi connectivity index (χ4n) is 2.01. The van der Waals surface area contributed by atoms with Gasteiger partial charge in [-0.2, -0.15) is 0 Å². The Morgan fingerprint density at radius 3 is 2.71 bits per heavy atom. The van der Waals surface area contributed by atoms with E-state index in [1.807, 2.05) is 13.0 Å². The minimum absolute atomic E-state index is 0.166. The number of rotatable bonds is 3. The minimum atomic E-state index is -1.01. The molecule has 2 rings (SSSR count). The molecule has 2 N–H and O–H groups in total. The number of aliphatic carboxylic acids is 1. The maximum atomic E-state index is 12.1. The SMILES string of the molecule is Cc1ccc(C=CC(=O)O)cc1NC(=O)N1CCOCC1. The van der Waals surface area contributed by atoms with Crippen LogP contribution in [0.3, 0.4) is 0 Å². The molecule has 1 heterocycles. The number of amides is 2. The number of morpholine rings is 1. The van der Waals surface area contributed by atoms with Crippen LogP contribution >= 0.6 is 0 Å². The molecule has 1 aliphatic rings. The first-order chi connectivity index (χ1) is 10.1. The van der Waals surface area contributed by atoms with E-state index in [0.717, 1.165) is 17.2 Å². The highest BCUT2D eigenvalue weighted by atomic mass is 16.5. The van der Waals surface area contributed by atoms with Crippen molar-refractivity contribution in [2.45, 2.75) is 6.92 Å². The molecular formula is C15H18N2O4. The highest BCUT2D eigenvalue weighted by molar-refractivity contribution is 5.91. The van der Waals surface area contributed by atoms with Crippen LogP contribution < -0.4 is 5.32 Å². The highest BCUT2D eigenvalue weighted by Crippen LogP contribution is 2.18. The van der Waals surface area contributed by atoms with Gasteiger partial charge >= 0.3 is 12.0 Å². The monoisotopic (exact) mass is 290 g/mol. The molecule has 0 unspecified atom stereocenters. The van der Waals surface area contributed by atoms with E-state index in [4.69, 9.17) is 9.84 Å². The summed E-state index contributed by atoms with van der Waals surface area (Å²) < 4.78 is 5.21. The van der Waals surface area contributed by atoms with Crippen LogP contribution in [-0.4, -0.2) is 48.3 Å². The normalized spacial score (nSPS) is 15.2. The van der Waals surface area contributed by atoms with Gasteiger partial charge in [0.05, 0.1) is 13.2 Å². The first-order valence-corrected chi connectivity index (χ1v) is 6.71. The van der Waals surface area contributed by atoms with Crippen molar-refractivity contribution in [3.63, 3.8) is 0 Å². The van der Waals surface area contributed by atoms with Gasteiger partial charge in [-0.1, -0.05) is 12.1 Å². The van der Waals surface area contributed by atoms with E-state index in [2.05, 4.69) is 5.32 Å². The third kappa shape index (κ3) is 4.32. The molecule has 21 heavy (non-hydrogen) atoms. The van der Waals surface area contributed by atoms with E-state index in [-0.39, 0.29) is 6.03 Å². The fraction of sp³-hybridized carbons (Fsp3) is 0.333. The van der Waals surface area contributed by atoms with Crippen LogP contribution in [0.1, 0.15) is 11.1 Å². The van der Waals surface area contributed by atoms with E-state index in [1.165, 1.54) is 6.08 Å². The van der Waals surface area contributed by atoms with Crippen LogP contribution in [0.15, 0.2) is 24.3 Å². The molecule has 0 saturated carbocycles. The molecule has 6 heteroatoms. The first kappa shape index (κ1) is 15.1. The second kappa shape index (κ2) is 6.90. The van der Waals surface area contributed by atoms with Gasteiger partial charge in [0, 0.05) is 24.9 Å². The molecule has 1 aromatic carbocycles. The molecule has 0 atom stereocenters. The molecule has 112 valence electrons. The molecule has 0 spiro atoms. The van der Waals surface area contributed by atoms with Gasteiger partial charge in [0.1, 0.15) is 0 Å². The standard InChI is InChI=1S/C15H18N2O4/c1-11-2-3-12(4-5-14(18)19)10-13(11)16-15(20)17-6-8-21-9-7-17/h2-5,10H,6-9H2,1H3,(H,16,20)(H,18,19). The van der Waals surface area contributed by atoms with Crippen molar-refractivity contribution in [1.29, 1.82) is 0 Å². The Hall–Kier alpha value is -2.34. The van der Waals surface area contributed by atoms with Crippen molar-refractivity contribution < 1.29 is 19.4 Å². The Morgan fingerprint density at radius 1 is 1.33 bits per heavy atom. The van der Waals surface area contributed by atoms with Crippen LogP contribution in [-0.2, 0) is 9.53 Å². The second-order valence-electron chi connectivity index (χ2n) is 4.78. The van der Waals surface area contributed by atoms with Gasteiger partial charge in [0.25, 0.3) is 0 Å². The maximum absolute atomic E-state index is 12.1. The topological polar surface area (TPSA) is 78.9 Å². The van der Waals surface area contributed by atoms with Crippen molar-refractivity contribution in [2.24, 2.45) is 0 Å². The average molecular weight is 290 g/mol. The second-order valence-corrected chi connectivity index (χ2v) is 4.78.